The molecule has 26 heavy (non-hydrogen) atoms. The van der Waals surface area contributed by atoms with E-state index in [1.807, 2.05) is 0 Å². The van der Waals surface area contributed by atoms with Gasteiger partial charge in [-0.05, 0) is 20.8 Å². The second-order valence-corrected chi connectivity index (χ2v) is 7.12. The molecule has 1 unspecified atom stereocenters. The predicted molar refractivity (Wildman–Crippen MR) is 90.7 cm³/mol. The van der Waals surface area contributed by atoms with Crippen LogP contribution >= 0.6 is 0 Å². The van der Waals surface area contributed by atoms with E-state index in [2.05, 4.69) is 0 Å². The van der Waals surface area contributed by atoms with Gasteiger partial charge in [0.05, 0.1) is 36.2 Å². The molecule has 1 aliphatic heterocycles. The van der Waals surface area contributed by atoms with Crippen molar-refractivity contribution in [3.05, 3.63) is 34.1 Å². The van der Waals surface area contributed by atoms with E-state index in [0.717, 1.165) is 18.2 Å². The zero-order valence-electron chi connectivity index (χ0n) is 15.2. The minimum atomic E-state index is -0.760. The molecule has 1 aliphatic rings. The molecule has 1 aromatic carbocycles. The topological polar surface area (TPSA) is 91.1 Å². The van der Waals surface area contributed by atoms with Gasteiger partial charge in [0.25, 0.3) is 5.69 Å². The van der Waals surface area contributed by atoms with Crippen LogP contribution < -0.4 is 4.74 Å². The van der Waals surface area contributed by atoms with Crippen molar-refractivity contribution in [3.63, 3.8) is 0 Å². The SMILES string of the molecule is COCC1C[C@@H](Oc2cc(F)cc([N+](=O)[O-])c2)CN1C(=O)OC(C)(C)C. The van der Waals surface area contributed by atoms with Gasteiger partial charge in [-0.15, -0.1) is 0 Å². The van der Waals surface area contributed by atoms with Crippen LogP contribution in [0.1, 0.15) is 27.2 Å². The highest BCUT2D eigenvalue weighted by Gasteiger charge is 2.38. The number of nitro benzene ring substituents is 1. The second-order valence-electron chi connectivity index (χ2n) is 7.12. The number of halogens is 1. The van der Waals surface area contributed by atoms with E-state index in [-0.39, 0.29) is 18.3 Å². The average Bonchev–Trinajstić information content (AvgIpc) is 2.88. The average molecular weight is 370 g/mol. The fraction of sp³-hybridized carbons (Fsp3) is 0.588. The van der Waals surface area contributed by atoms with Crippen LogP contribution in [-0.4, -0.2) is 53.9 Å². The van der Waals surface area contributed by atoms with Crippen LogP contribution in [0.2, 0.25) is 0 Å². The molecular formula is C17H23FN2O6. The molecule has 1 amide bonds. The molecule has 144 valence electrons. The Kier molecular flexibility index (Phi) is 6.01. The summed E-state index contributed by atoms with van der Waals surface area (Å²) in [5.41, 5.74) is -1.04. The molecular weight excluding hydrogens is 347 g/mol. The van der Waals surface area contributed by atoms with Gasteiger partial charge in [-0.25, -0.2) is 9.18 Å². The minimum Gasteiger partial charge on any atom is -0.488 e. The highest BCUT2D eigenvalue weighted by Crippen LogP contribution is 2.28. The number of nitro groups is 1. The highest BCUT2D eigenvalue weighted by atomic mass is 19.1. The lowest BCUT2D eigenvalue weighted by atomic mass is 10.2. The van der Waals surface area contributed by atoms with Gasteiger partial charge >= 0.3 is 6.09 Å². The number of carbonyl (C=O) groups excluding carboxylic acids is 1. The number of amides is 1. The Balaban J connectivity index is 2.12. The first-order chi connectivity index (χ1) is 12.1. The summed E-state index contributed by atoms with van der Waals surface area (Å²) >= 11 is 0. The van der Waals surface area contributed by atoms with Gasteiger partial charge in [0.1, 0.15) is 23.3 Å². The maximum Gasteiger partial charge on any atom is 0.410 e. The smallest absolute Gasteiger partial charge is 0.410 e. The summed E-state index contributed by atoms with van der Waals surface area (Å²) in [6, 6.07) is 2.80. The van der Waals surface area contributed by atoms with E-state index in [4.69, 9.17) is 14.2 Å². The van der Waals surface area contributed by atoms with Gasteiger partial charge in [-0.1, -0.05) is 0 Å². The molecule has 2 atom stereocenters. The first kappa shape index (κ1) is 19.9. The van der Waals surface area contributed by atoms with Crippen LogP contribution in [0.15, 0.2) is 18.2 Å². The molecule has 0 spiro atoms. The van der Waals surface area contributed by atoms with E-state index >= 15 is 0 Å². The molecule has 1 aromatic rings. The van der Waals surface area contributed by atoms with Gasteiger partial charge in [0.15, 0.2) is 0 Å². The second kappa shape index (κ2) is 7.86. The molecule has 9 heteroatoms. The Hall–Kier alpha value is -2.42. The number of hydrogen-bond donors (Lipinski definition) is 0. The quantitative estimate of drug-likeness (QED) is 0.584. The van der Waals surface area contributed by atoms with Crippen molar-refractivity contribution in [2.45, 2.75) is 44.9 Å². The fourth-order valence-electron chi connectivity index (χ4n) is 2.77. The number of benzene rings is 1. The molecule has 0 saturated carbocycles. The summed E-state index contributed by atoms with van der Waals surface area (Å²) in [5.74, 6) is -0.714. The highest BCUT2D eigenvalue weighted by molar-refractivity contribution is 5.69. The Labute approximate surface area is 151 Å². The number of carbonyl (C=O) groups is 1. The molecule has 2 rings (SSSR count). The summed E-state index contributed by atoms with van der Waals surface area (Å²) in [6.07, 6.45) is -0.503. The summed E-state index contributed by atoms with van der Waals surface area (Å²) in [6.45, 7) is 5.82. The van der Waals surface area contributed by atoms with Crippen molar-refractivity contribution in [3.8, 4) is 5.75 Å². The lowest BCUT2D eigenvalue weighted by molar-refractivity contribution is -0.385. The molecule has 1 fully saturated rings. The third-order valence-electron chi connectivity index (χ3n) is 3.73. The van der Waals surface area contributed by atoms with Crippen molar-refractivity contribution >= 4 is 11.8 Å². The molecule has 0 aliphatic carbocycles. The number of methoxy groups -OCH3 is 1. The zero-order chi connectivity index (χ0) is 19.5. The number of non-ortho nitro benzene ring substituents is 1. The van der Waals surface area contributed by atoms with Gasteiger partial charge < -0.3 is 14.2 Å². The first-order valence-electron chi connectivity index (χ1n) is 8.19. The first-order valence-corrected chi connectivity index (χ1v) is 8.19. The van der Waals surface area contributed by atoms with Gasteiger partial charge in [0, 0.05) is 19.6 Å². The lowest BCUT2D eigenvalue weighted by Crippen LogP contribution is -2.42. The monoisotopic (exact) mass is 370 g/mol. The summed E-state index contributed by atoms with van der Waals surface area (Å²) in [7, 11) is 1.53. The van der Waals surface area contributed by atoms with E-state index in [1.165, 1.54) is 12.0 Å². The summed E-state index contributed by atoms with van der Waals surface area (Å²) in [4.78, 5) is 24.1. The lowest BCUT2D eigenvalue weighted by Gasteiger charge is -2.28. The molecule has 8 nitrogen and oxygen atoms in total. The largest absolute Gasteiger partial charge is 0.488 e. The summed E-state index contributed by atoms with van der Waals surface area (Å²) < 4.78 is 29.8. The van der Waals surface area contributed by atoms with Crippen molar-refractivity contribution < 1.29 is 28.3 Å². The van der Waals surface area contributed by atoms with Crippen molar-refractivity contribution in [1.82, 2.24) is 4.90 Å². The minimum absolute atomic E-state index is 0.0453. The molecule has 0 radical (unpaired) electrons. The normalized spacial score (nSPS) is 20.1. The fourth-order valence-corrected chi connectivity index (χ4v) is 2.77. The Morgan fingerprint density at radius 1 is 1.38 bits per heavy atom. The van der Waals surface area contributed by atoms with Crippen molar-refractivity contribution in [1.29, 1.82) is 0 Å². The molecule has 0 bridgehead atoms. The zero-order valence-corrected chi connectivity index (χ0v) is 15.2. The van der Waals surface area contributed by atoms with Crippen molar-refractivity contribution in [2.75, 3.05) is 20.3 Å². The van der Waals surface area contributed by atoms with E-state index in [0.29, 0.717) is 13.0 Å². The van der Waals surface area contributed by atoms with Crippen LogP contribution in [0, 0.1) is 15.9 Å². The number of nitrogens with zero attached hydrogens (tertiary/aromatic N) is 2. The predicted octanol–water partition coefficient (Wildman–Crippen LogP) is 3.14. The number of hydrogen-bond acceptors (Lipinski definition) is 6. The van der Waals surface area contributed by atoms with E-state index < -0.39 is 34.2 Å². The van der Waals surface area contributed by atoms with Gasteiger partial charge in [-0.3, -0.25) is 15.0 Å². The van der Waals surface area contributed by atoms with Crippen LogP contribution in [0.4, 0.5) is 14.9 Å². The molecule has 0 aromatic heterocycles. The van der Waals surface area contributed by atoms with Gasteiger partial charge in [-0.2, -0.15) is 0 Å². The third kappa shape index (κ3) is 5.29. The maximum absolute atomic E-state index is 13.6. The van der Waals surface area contributed by atoms with E-state index in [9.17, 15) is 19.3 Å². The van der Waals surface area contributed by atoms with Crippen LogP contribution in [0.5, 0.6) is 5.75 Å². The van der Waals surface area contributed by atoms with Crippen LogP contribution in [-0.2, 0) is 9.47 Å². The Morgan fingerprint density at radius 2 is 2.08 bits per heavy atom. The Bertz CT molecular complexity index is 676. The maximum atomic E-state index is 13.6. The molecule has 0 N–H and O–H groups in total. The van der Waals surface area contributed by atoms with Gasteiger partial charge in [0.2, 0.25) is 0 Å². The Morgan fingerprint density at radius 3 is 2.65 bits per heavy atom. The van der Waals surface area contributed by atoms with Crippen LogP contribution in [0.3, 0.4) is 0 Å². The third-order valence-corrected chi connectivity index (χ3v) is 3.73. The van der Waals surface area contributed by atoms with E-state index in [1.54, 1.807) is 20.8 Å². The van der Waals surface area contributed by atoms with Crippen molar-refractivity contribution in [2.24, 2.45) is 0 Å². The van der Waals surface area contributed by atoms with Crippen LogP contribution in [0.25, 0.3) is 0 Å². The molecule has 1 heterocycles. The number of likely N-dealkylation sites (tertiary alicyclic amines) is 1. The number of rotatable bonds is 5. The summed E-state index contributed by atoms with van der Waals surface area (Å²) in [5, 5.41) is 10.9. The molecule has 1 saturated heterocycles. The standard InChI is InChI=1S/C17H23FN2O6/c1-17(2,3)26-16(21)19-9-15(8-13(19)10-24-4)25-14-6-11(18)5-12(7-14)20(22)23/h5-7,13,15H,8-10H2,1-4H3/t13?,15-/m1/s1. The number of ether oxygens (including phenoxy) is 3.